The van der Waals surface area contributed by atoms with Crippen molar-refractivity contribution in [3.05, 3.63) is 82.7 Å². The Morgan fingerprint density at radius 3 is 2.62 bits per heavy atom. The number of rotatable bonds is 9. The van der Waals surface area contributed by atoms with Gasteiger partial charge in [0.05, 0.1) is 6.42 Å². The molecule has 0 bridgehead atoms. The monoisotopic (exact) mass is 472 g/mol. The lowest BCUT2D eigenvalue weighted by Gasteiger charge is -2.24. The number of allylic oxidation sites excluding steroid dienone is 2. The molecule has 1 saturated carbocycles. The third-order valence-corrected chi connectivity index (χ3v) is 8.36. The lowest BCUT2D eigenvalue weighted by atomic mass is 9.80. The molecular weight excluding hydrogens is 440 g/mol. The number of carboxylic acids is 1. The summed E-state index contributed by atoms with van der Waals surface area (Å²) in [5.41, 5.74) is 6.46. The van der Waals surface area contributed by atoms with Gasteiger partial charge in [0.2, 0.25) is 0 Å². The van der Waals surface area contributed by atoms with Crippen LogP contribution in [0.5, 0.6) is 5.75 Å². The number of hydrogen-bond donors (Lipinski definition) is 1. The van der Waals surface area contributed by atoms with Crippen LogP contribution in [0.3, 0.4) is 0 Å². The summed E-state index contributed by atoms with van der Waals surface area (Å²) in [5.74, 6) is 0.644. The van der Waals surface area contributed by atoms with Gasteiger partial charge in [-0.1, -0.05) is 62.4 Å². The van der Waals surface area contributed by atoms with Crippen LogP contribution in [0.2, 0.25) is 0 Å². The highest BCUT2D eigenvalue weighted by Gasteiger charge is 2.34. The van der Waals surface area contributed by atoms with E-state index in [2.05, 4.69) is 61.7 Å². The first-order chi connectivity index (χ1) is 16.4. The van der Waals surface area contributed by atoms with Gasteiger partial charge in [-0.2, -0.15) is 0 Å². The first-order valence-electron chi connectivity index (χ1n) is 12.2. The van der Waals surface area contributed by atoms with Crippen LogP contribution in [0.4, 0.5) is 0 Å². The molecule has 1 atom stereocenters. The minimum absolute atomic E-state index is 0.0758. The maximum Gasteiger partial charge on any atom is 0.303 e. The number of carbonyl (C=O) groups is 1. The minimum Gasteiger partial charge on any atom is -0.489 e. The van der Waals surface area contributed by atoms with E-state index in [1.165, 1.54) is 33.6 Å². The molecule has 2 aromatic carbocycles. The second-order valence-corrected chi connectivity index (χ2v) is 11.2. The van der Waals surface area contributed by atoms with Gasteiger partial charge in [-0.15, -0.1) is 11.3 Å². The van der Waals surface area contributed by atoms with Crippen LogP contribution < -0.4 is 4.74 Å². The molecule has 0 radical (unpaired) electrons. The number of hydrogen-bond acceptors (Lipinski definition) is 3. The average Bonchev–Trinajstić information content (AvgIpc) is 3.49. The smallest absolute Gasteiger partial charge is 0.303 e. The summed E-state index contributed by atoms with van der Waals surface area (Å²) in [7, 11) is 0. The van der Waals surface area contributed by atoms with Gasteiger partial charge in [-0.3, -0.25) is 4.79 Å². The molecule has 1 heterocycles. The van der Waals surface area contributed by atoms with Crippen molar-refractivity contribution < 1.29 is 14.6 Å². The van der Waals surface area contributed by atoms with Crippen molar-refractivity contribution in [1.82, 2.24) is 0 Å². The third-order valence-electron chi connectivity index (χ3n) is 7.29. The zero-order valence-corrected chi connectivity index (χ0v) is 20.7. The molecule has 3 nitrogen and oxygen atoms in total. The van der Waals surface area contributed by atoms with E-state index in [1.807, 2.05) is 18.2 Å². The predicted molar refractivity (Wildman–Crippen MR) is 139 cm³/mol. The summed E-state index contributed by atoms with van der Waals surface area (Å²) < 4.78 is 6.34. The van der Waals surface area contributed by atoms with E-state index in [0.717, 1.165) is 30.6 Å². The van der Waals surface area contributed by atoms with Gasteiger partial charge in [0.15, 0.2) is 0 Å². The Balaban J connectivity index is 1.42. The highest BCUT2D eigenvalue weighted by atomic mass is 32.1. The van der Waals surface area contributed by atoms with Gasteiger partial charge in [0, 0.05) is 16.0 Å². The molecule has 1 N–H and O–H groups in total. The normalized spacial score (nSPS) is 17.9. The number of carboxylic acid groups (broad SMARTS) is 1. The van der Waals surface area contributed by atoms with E-state index in [0.29, 0.717) is 12.5 Å². The van der Waals surface area contributed by atoms with Crippen molar-refractivity contribution in [2.45, 2.75) is 58.5 Å². The molecule has 0 saturated heterocycles. The second-order valence-electron chi connectivity index (χ2n) is 10.3. The van der Waals surface area contributed by atoms with E-state index in [1.54, 1.807) is 11.3 Å². The molecule has 1 fully saturated rings. The van der Waals surface area contributed by atoms with Crippen molar-refractivity contribution in [2.75, 3.05) is 0 Å². The van der Waals surface area contributed by atoms with Crippen LogP contribution in [0.25, 0.3) is 16.0 Å². The summed E-state index contributed by atoms with van der Waals surface area (Å²) in [6, 6.07) is 18.7. The summed E-state index contributed by atoms with van der Waals surface area (Å²) in [6.07, 6.45) is 7.11. The average molecular weight is 473 g/mol. The van der Waals surface area contributed by atoms with E-state index in [-0.39, 0.29) is 17.8 Å². The second kappa shape index (κ2) is 9.42. The van der Waals surface area contributed by atoms with Crippen LogP contribution in [0, 0.1) is 11.3 Å². The molecule has 4 heteroatoms. The standard InChI is InChI=1S/C30H32O3S/c1-30(2)15-7-12-26(30)28-23(19-34-29(28)21-8-4-3-5-9-21)18-33-24-11-6-10-22(16-24)25(17-27(31)32)20-13-14-20/h3-6,8-12,16,19-20,25H,7,13-15,17-18H2,1-2H3,(H,31,32)/t25-/m0/s1. The SMILES string of the molecule is CC1(C)CCC=C1c1c(COc2cccc([C@@H](CC(=O)O)C3CC3)c2)csc1-c1ccccc1. The molecule has 2 aliphatic carbocycles. The Labute approximate surface area is 206 Å². The van der Waals surface area contributed by atoms with Crippen LogP contribution in [0.1, 0.15) is 68.6 Å². The molecule has 3 aromatic rings. The maximum absolute atomic E-state index is 11.4. The van der Waals surface area contributed by atoms with E-state index in [9.17, 15) is 9.90 Å². The largest absolute Gasteiger partial charge is 0.489 e. The van der Waals surface area contributed by atoms with Crippen molar-refractivity contribution in [3.8, 4) is 16.2 Å². The van der Waals surface area contributed by atoms with E-state index >= 15 is 0 Å². The van der Waals surface area contributed by atoms with E-state index in [4.69, 9.17) is 4.74 Å². The molecule has 176 valence electrons. The zero-order chi connectivity index (χ0) is 23.7. The van der Waals surface area contributed by atoms with Crippen LogP contribution in [-0.2, 0) is 11.4 Å². The highest BCUT2D eigenvalue weighted by molar-refractivity contribution is 7.14. The van der Waals surface area contributed by atoms with Crippen LogP contribution >= 0.6 is 11.3 Å². The zero-order valence-electron chi connectivity index (χ0n) is 19.9. The van der Waals surface area contributed by atoms with Gasteiger partial charge < -0.3 is 9.84 Å². The highest BCUT2D eigenvalue weighted by Crippen LogP contribution is 2.50. The lowest BCUT2D eigenvalue weighted by Crippen LogP contribution is -2.11. The van der Waals surface area contributed by atoms with Crippen molar-refractivity contribution in [1.29, 1.82) is 0 Å². The fraction of sp³-hybridized carbons (Fsp3) is 0.367. The molecule has 0 aliphatic heterocycles. The van der Waals surface area contributed by atoms with Gasteiger partial charge >= 0.3 is 5.97 Å². The summed E-state index contributed by atoms with van der Waals surface area (Å²) in [4.78, 5) is 12.7. The Kier molecular flexibility index (Phi) is 6.35. The molecular formula is C30H32O3S. The fourth-order valence-electron chi connectivity index (χ4n) is 5.27. The predicted octanol–water partition coefficient (Wildman–Crippen LogP) is 8.17. The maximum atomic E-state index is 11.4. The molecule has 0 unspecified atom stereocenters. The summed E-state index contributed by atoms with van der Waals surface area (Å²) in [5, 5.41) is 11.6. The number of thiophene rings is 1. The molecule has 2 aliphatic rings. The fourth-order valence-corrected chi connectivity index (χ4v) is 6.34. The molecule has 5 rings (SSSR count). The van der Waals surface area contributed by atoms with Gasteiger partial charge in [-0.05, 0) is 77.1 Å². The molecule has 34 heavy (non-hydrogen) atoms. The topological polar surface area (TPSA) is 46.5 Å². The first kappa shape index (κ1) is 22.9. The molecule has 0 spiro atoms. The van der Waals surface area contributed by atoms with Crippen molar-refractivity contribution in [3.63, 3.8) is 0 Å². The quantitative estimate of drug-likeness (QED) is 0.342. The van der Waals surface area contributed by atoms with E-state index < -0.39 is 5.97 Å². The van der Waals surface area contributed by atoms with Crippen molar-refractivity contribution in [2.24, 2.45) is 11.3 Å². The third kappa shape index (κ3) is 4.83. The Bertz CT molecular complexity index is 1200. The number of benzene rings is 2. The van der Waals surface area contributed by atoms with Gasteiger partial charge in [0.1, 0.15) is 12.4 Å². The van der Waals surface area contributed by atoms with Crippen molar-refractivity contribution >= 4 is 22.9 Å². The minimum atomic E-state index is -0.730. The number of ether oxygens (including phenoxy) is 1. The van der Waals surface area contributed by atoms with Crippen LogP contribution in [-0.4, -0.2) is 11.1 Å². The molecule has 0 amide bonds. The Morgan fingerprint density at radius 2 is 1.94 bits per heavy atom. The lowest BCUT2D eigenvalue weighted by molar-refractivity contribution is -0.137. The van der Waals surface area contributed by atoms with Gasteiger partial charge in [-0.25, -0.2) is 0 Å². The molecule has 1 aromatic heterocycles. The summed E-state index contributed by atoms with van der Waals surface area (Å²) >= 11 is 1.79. The number of aliphatic carboxylic acids is 1. The summed E-state index contributed by atoms with van der Waals surface area (Å²) in [6.45, 7) is 5.18. The Morgan fingerprint density at radius 1 is 1.15 bits per heavy atom. The van der Waals surface area contributed by atoms with Crippen LogP contribution in [0.15, 0.2) is 66.1 Å². The van der Waals surface area contributed by atoms with Gasteiger partial charge in [0.25, 0.3) is 0 Å². The first-order valence-corrected chi connectivity index (χ1v) is 13.1. The Hall–Kier alpha value is -2.85.